The lowest BCUT2D eigenvalue weighted by Crippen LogP contribution is -1.86. The van der Waals surface area contributed by atoms with Gasteiger partial charge in [0.2, 0.25) is 0 Å². The van der Waals surface area contributed by atoms with Crippen molar-refractivity contribution in [2.24, 2.45) is 0 Å². The van der Waals surface area contributed by atoms with E-state index >= 15 is 0 Å². The van der Waals surface area contributed by atoms with Gasteiger partial charge in [-0.05, 0) is 23.4 Å². The van der Waals surface area contributed by atoms with Crippen LogP contribution in [0.2, 0.25) is 5.02 Å². The average molecular weight is 214 g/mol. The molecule has 0 amide bonds. The maximum absolute atomic E-state index is 13.0. The monoisotopic (exact) mass is 213 g/mol. The number of aromatic nitrogens is 2. The molecule has 72 valence electrons. The molecule has 2 rings (SSSR count). The zero-order valence-electron chi connectivity index (χ0n) is 6.87. The Morgan fingerprint density at radius 1 is 1.43 bits per heavy atom. The van der Waals surface area contributed by atoms with Crippen LogP contribution in [0.5, 0.6) is 0 Å². The molecular weight excluding hydrogens is 209 g/mol. The van der Waals surface area contributed by atoms with Crippen LogP contribution in [0.15, 0.2) is 22.7 Å². The molecule has 4 nitrogen and oxygen atoms in total. The van der Waals surface area contributed by atoms with Gasteiger partial charge in [-0.3, -0.25) is 0 Å². The van der Waals surface area contributed by atoms with Gasteiger partial charge < -0.3 is 10.3 Å². The Hall–Kier alpha value is -1.62. The number of nitrogen functional groups attached to an aromatic ring is 1. The summed E-state index contributed by atoms with van der Waals surface area (Å²) in [5.74, 6) is -0.366. The molecule has 0 atom stereocenters. The number of halogens is 2. The van der Waals surface area contributed by atoms with Crippen LogP contribution >= 0.6 is 11.6 Å². The van der Waals surface area contributed by atoms with E-state index in [4.69, 9.17) is 21.9 Å². The van der Waals surface area contributed by atoms with Crippen molar-refractivity contribution in [1.82, 2.24) is 10.1 Å². The fourth-order valence-electron chi connectivity index (χ4n) is 0.981. The Balaban J connectivity index is 2.47. The molecule has 6 heteroatoms. The predicted octanol–water partition coefficient (Wildman–Crippen LogP) is 2.11. The normalized spacial score (nSPS) is 10.4. The summed E-state index contributed by atoms with van der Waals surface area (Å²) < 4.78 is 17.8. The van der Waals surface area contributed by atoms with Gasteiger partial charge >= 0.3 is 0 Å². The predicted molar refractivity (Wildman–Crippen MR) is 49.1 cm³/mol. The van der Waals surface area contributed by atoms with Crippen molar-refractivity contribution >= 4 is 17.5 Å². The van der Waals surface area contributed by atoms with Gasteiger partial charge in [0, 0.05) is 5.56 Å². The van der Waals surface area contributed by atoms with E-state index in [1.807, 2.05) is 0 Å². The average Bonchev–Trinajstić information content (AvgIpc) is 2.57. The van der Waals surface area contributed by atoms with Gasteiger partial charge in [-0.25, -0.2) is 4.39 Å². The summed E-state index contributed by atoms with van der Waals surface area (Å²) in [7, 11) is 0. The smallest absolute Gasteiger partial charge is 0.261 e. The highest BCUT2D eigenvalue weighted by Gasteiger charge is 2.08. The van der Waals surface area contributed by atoms with Gasteiger partial charge in [0.15, 0.2) is 0 Å². The summed E-state index contributed by atoms with van der Waals surface area (Å²) in [5.41, 5.74) is 5.69. The molecule has 2 N–H and O–H groups in total. The number of rotatable bonds is 1. The molecule has 0 aliphatic heterocycles. The highest BCUT2D eigenvalue weighted by atomic mass is 35.5. The number of anilines is 1. The van der Waals surface area contributed by atoms with E-state index in [1.54, 1.807) is 6.07 Å². The number of benzene rings is 1. The fraction of sp³-hybridized carbons (Fsp3) is 0. The van der Waals surface area contributed by atoms with Crippen LogP contribution in [0, 0.1) is 5.82 Å². The summed E-state index contributed by atoms with van der Waals surface area (Å²) in [6, 6.07) is 4.18. The number of nitrogens with zero attached hydrogens (tertiary/aromatic N) is 2. The molecule has 0 radical (unpaired) electrons. The second kappa shape index (κ2) is 3.26. The summed E-state index contributed by atoms with van der Waals surface area (Å²) in [5, 5.41) is 3.42. The second-order valence-corrected chi connectivity index (χ2v) is 2.99. The van der Waals surface area contributed by atoms with E-state index in [-0.39, 0.29) is 16.9 Å². The summed E-state index contributed by atoms with van der Waals surface area (Å²) >= 11 is 5.51. The van der Waals surface area contributed by atoms with Crippen LogP contribution in [0.1, 0.15) is 0 Å². The lowest BCUT2D eigenvalue weighted by atomic mass is 10.2. The minimum atomic E-state index is -0.541. The first kappa shape index (κ1) is 8.96. The summed E-state index contributed by atoms with van der Waals surface area (Å²) in [6.07, 6.45) is 0. The number of hydrogen-bond acceptors (Lipinski definition) is 4. The van der Waals surface area contributed by atoms with Crippen LogP contribution in [-0.2, 0) is 0 Å². The van der Waals surface area contributed by atoms with Crippen molar-refractivity contribution in [1.29, 1.82) is 0 Å². The molecule has 14 heavy (non-hydrogen) atoms. The molecule has 1 heterocycles. The summed E-state index contributed by atoms with van der Waals surface area (Å²) in [6.45, 7) is 0. The Kier molecular flexibility index (Phi) is 2.09. The highest BCUT2D eigenvalue weighted by Crippen LogP contribution is 2.22. The first-order chi connectivity index (χ1) is 6.66. The third-order valence-electron chi connectivity index (χ3n) is 1.61. The molecule has 0 aliphatic carbocycles. The number of hydrogen-bond donors (Lipinski definition) is 1. The second-order valence-electron chi connectivity index (χ2n) is 2.59. The third-order valence-corrected chi connectivity index (χ3v) is 1.91. The van der Waals surface area contributed by atoms with Crippen LogP contribution in [-0.4, -0.2) is 10.1 Å². The minimum absolute atomic E-state index is 0.00959. The molecule has 0 fully saturated rings. The van der Waals surface area contributed by atoms with E-state index in [2.05, 4.69) is 10.1 Å². The van der Waals surface area contributed by atoms with Gasteiger partial charge in [0.25, 0.3) is 11.8 Å². The molecule has 0 spiro atoms. The van der Waals surface area contributed by atoms with Gasteiger partial charge in [-0.1, -0.05) is 11.6 Å². The molecular formula is C8H5ClFN3O. The van der Waals surface area contributed by atoms with Crippen molar-refractivity contribution < 1.29 is 8.91 Å². The summed E-state index contributed by atoms with van der Waals surface area (Å²) in [4.78, 5) is 3.74. The molecule has 0 unspecified atom stereocenters. The Bertz CT molecular complexity index is 471. The standard InChI is InChI=1S/C8H5ClFN3O/c9-5-2-1-4(3-6(5)10)7-12-8(11)13-14-7/h1-3H,(H2,11,13). The molecule has 1 aromatic heterocycles. The van der Waals surface area contributed by atoms with Gasteiger partial charge in [0.1, 0.15) is 5.82 Å². The van der Waals surface area contributed by atoms with Gasteiger partial charge in [0.05, 0.1) is 5.02 Å². The van der Waals surface area contributed by atoms with Crippen LogP contribution < -0.4 is 5.73 Å². The van der Waals surface area contributed by atoms with Crippen molar-refractivity contribution in [3.8, 4) is 11.5 Å². The van der Waals surface area contributed by atoms with Crippen LogP contribution in [0.3, 0.4) is 0 Å². The van der Waals surface area contributed by atoms with Crippen molar-refractivity contribution in [3.63, 3.8) is 0 Å². The maximum Gasteiger partial charge on any atom is 0.261 e. The van der Waals surface area contributed by atoms with E-state index in [9.17, 15) is 4.39 Å². The first-order valence-electron chi connectivity index (χ1n) is 3.71. The lowest BCUT2D eigenvalue weighted by molar-refractivity contribution is 0.432. The lowest BCUT2D eigenvalue weighted by Gasteiger charge is -1.95. The van der Waals surface area contributed by atoms with E-state index in [0.717, 1.165) is 0 Å². The molecule has 0 saturated carbocycles. The third kappa shape index (κ3) is 1.54. The van der Waals surface area contributed by atoms with Crippen LogP contribution in [0.4, 0.5) is 10.3 Å². The van der Waals surface area contributed by atoms with Crippen molar-refractivity contribution in [2.75, 3.05) is 5.73 Å². The Morgan fingerprint density at radius 3 is 2.79 bits per heavy atom. The van der Waals surface area contributed by atoms with Crippen molar-refractivity contribution in [2.45, 2.75) is 0 Å². The number of nitrogens with two attached hydrogens (primary N) is 1. The molecule has 0 aliphatic rings. The van der Waals surface area contributed by atoms with Gasteiger partial charge in [-0.15, -0.1) is 0 Å². The van der Waals surface area contributed by atoms with E-state index in [0.29, 0.717) is 5.56 Å². The molecule has 0 bridgehead atoms. The van der Waals surface area contributed by atoms with Crippen molar-refractivity contribution in [3.05, 3.63) is 29.0 Å². The Morgan fingerprint density at radius 2 is 2.21 bits per heavy atom. The first-order valence-corrected chi connectivity index (χ1v) is 4.09. The molecule has 0 saturated heterocycles. The van der Waals surface area contributed by atoms with E-state index < -0.39 is 5.82 Å². The topological polar surface area (TPSA) is 64.9 Å². The quantitative estimate of drug-likeness (QED) is 0.788. The molecule has 1 aromatic carbocycles. The zero-order chi connectivity index (χ0) is 10.1. The highest BCUT2D eigenvalue weighted by molar-refractivity contribution is 6.30. The van der Waals surface area contributed by atoms with Crippen LogP contribution in [0.25, 0.3) is 11.5 Å². The zero-order valence-corrected chi connectivity index (χ0v) is 7.62. The minimum Gasteiger partial charge on any atom is -0.365 e. The Labute approximate surface area is 83.5 Å². The van der Waals surface area contributed by atoms with E-state index in [1.165, 1.54) is 12.1 Å². The maximum atomic E-state index is 13.0. The largest absolute Gasteiger partial charge is 0.365 e. The SMILES string of the molecule is Nc1noc(-c2ccc(Cl)c(F)c2)n1. The molecule has 2 aromatic rings. The fourth-order valence-corrected chi connectivity index (χ4v) is 1.10. The van der Waals surface area contributed by atoms with Gasteiger partial charge in [-0.2, -0.15) is 4.98 Å².